The molecule has 3 rings (SSSR count). The molecule has 1 saturated carbocycles. The second-order valence-corrected chi connectivity index (χ2v) is 6.90. The Morgan fingerprint density at radius 1 is 0.850 bits per heavy atom. The highest BCUT2D eigenvalue weighted by Crippen LogP contribution is 2.42. The molecule has 0 heterocycles. The zero-order chi connectivity index (χ0) is 14.1. The van der Waals surface area contributed by atoms with E-state index in [1.807, 2.05) is 36.4 Å². The first-order chi connectivity index (χ1) is 9.62. The Bertz CT molecular complexity index is 677. The molecule has 4 heteroatoms. The van der Waals surface area contributed by atoms with Gasteiger partial charge >= 0.3 is 0 Å². The van der Waals surface area contributed by atoms with Crippen LogP contribution >= 0.6 is 0 Å². The van der Waals surface area contributed by atoms with Gasteiger partial charge in [0.05, 0.1) is 10.4 Å². The summed E-state index contributed by atoms with van der Waals surface area (Å²) in [6.07, 6.45) is 2.75. The fourth-order valence-corrected chi connectivity index (χ4v) is 4.12. The maximum Gasteiger partial charge on any atom is 0.241 e. The third kappa shape index (κ3) is 2.37. The van der Waals surface area contributed by atoms with Crippen molar-refractivity contribution in [3.05, 3.63) is 66.2 Å². The van der Waals surface area contributed by atoms with Crippen LogP contribution in [-0.2, 0) is 15.6 Å². The van der Waals surface area contributed by atoms with Crippen molar-refractivity contribution >= 4 is 10.0 Å². The van der Waals surface area contributed by atoms with E-state index in [1.165, 1.54) is 0 Å². The second-order valence-electron chi connectivity index (χ2n) is 5.22. The van der Waals surface area contributed by atoms with Crippen LogP contribution in [0.4, 0.5) is 0 Å². The van der Waals surface area contributed by atoms with E-state index in [-0.39, 0.29) is 0 Å². The third-order valence-electron chi connectivity index (χ3n) is 3.92. The fraction of sp³-hybridized carbons (Fsp3) is 0.250. The number of hydrogen-bond acceptors (Lipinski definition) is 2. The minimum absolute atomic E-state index is 0.321. The molecule has 1 fully saturated rings. The largest absolute Gasteiger partial charge is 0.241 e. The van der Waals surface area contributed by atoms with E-state index < -0.39 is 15.6 Å². The molecule has 104 valence electrons. The van der Waals surface area contributed by atoms with Crippen LogP contribution in [0.2, 0.25) is 0 Å². The van der Waals surface area contributed by atoms with Gasteiger partial charge in [0.1, 0.15) is 0 Å². The number of nitrogens with one attached hydrogen (secondary N) is 1. The molecule has 0 radical (unpaired) electrons. The van der Waals surface area contributed by atoms with Crippen molar-refractivity contribution in [2.24, 2.45) is 0 Å². The van der Waals surface area contributed by atoms with Gasteiger partial charge in [-0.1, -0.05) is 48.5 Å². The molecule has 0 spiro atoms. The molecule has 1 aliphatic carbocycles. The van der Waals surface area contributed by atoms with Crippen LogP contribution in [0.15, 0.2) is 65.6 Å². The maximum absolute atomic E-state index is 12.5. The Hall–Kier alpha value is -1.65. The van der Waals surface area contributed by atoms with Crippen molar-refractivity contribution in [2.45, 2.75) is 29.7 Å². The molecule has 0 amide bonds. The van der Waals surface area contributed by atoms with Crippen LogP contribution in [-0.4, -0.2) is 8.42 Å². The molecule has 1 N–H and O–H groups in total. The van der Waals surface area contributed by atoms with Crippen molar-refractivity contribution < 1.29 is 8.42 Å². The molecule has 0 atom stereocenters. The number of rotatable bonds is 4. The maximum atomic E-state index is 12.5. The summed E-state index contributed by atoms with van der Waals surface area (Å²) in [5.74, 6) is 0. The Labute approximate surface area is 119 Å². The van der Waals surface area contributed by atoms with Crippen molar-refractivity contribution in [2.75, 3.05) is 0 Å². The summed E-state index contributed by atoms with van der Waals surface area (Å²) >= 11 is 0. The summed E-state index contributed by atoms with van der Waals surface area (Å²) in [6, 6.07) is 18.4. The number of hydrogen-bond donors (Lipinski definition) is 1. The molecule has 2 aromatic carbocycles. The fourth-order valence-electron chi connectivity index (χ4n) is 2.65. The van der Waals surface area contributed by atoms with E-state index in [0.717, 1.165) is 24.8 Å². The van der Waals surface area contributed by atoms with Crippen molar-refractivity contribution in [1.82, 2.24) is 4.72 Å². The third-order valence-corrected chi connectivity index (χ3v) is 5.47. The quantitative estimate of drug-likeness (QED) is 0.939. The monoisotopic (exact) mass is 287 g/mol. The molecule has 0 bridgehead atoms. The molecule has 3 nitrogen and oxygen atoms in total. The smallest absolute Gasteiger partial charge is 0.207 e. The van der Waals surface area contributed by atoms with E-state index in [2.05, 4.69) is 4.72 Å². The van der Waals surface area contributed by atoms with Crippen LogP contribution in [0.1, 0.15) is 24.8 Å². The van der Waals surface area contributed by atoms with Crippen LogP contribution in [0.3, 0.4) is 0 Å². The highest BCUT2D eigenvalue weighted by molar-refractivity contribution is 7.89. The lowest BCUT2D eigenvalue weighted by Gasteiger charge is -2.42. The summed E-state index contributed by atoms with van der Waals surface area (Å²) in [5.41, 5.74) is 0.612. The van der Waals surface area contributed by atoms with E-state index in [0.29, 0.717) is 4.90 Å². The molecule has 0 aromatic heterocycles. The summed E-state index contributed by atoms with van der Waals surface area (Å²) in [6.45, 7) is 0. The van der Waals surface area contributed by atoms with Crippen LogP contribution in [0.5, 0.6) is 0 Å². The molecule has 1 aliphatic rings. The van der Waals surface area contributed by atoms with Gasteiger partial charge in [0.25, 0.3) is 0 Å². The predicted molar refractivity (Wildman–Crippen MR) is 78.7 cm³/mol. The Balaban J connectivity index is 1.93. The normalized spacial score (nSPS) is 17.4. The van der Waals surface area contributed by atoms with Crippen molar-refractivity contribution in [3.63, 3.8) is 0 Å². The van der Waals surface area contributed by atoms with E-state index in [9.17, 15) is 8.42 Å². The lowest BCUT2D eigenvalue weighted by Crippen LogP contribution is -2.50. The summed E-state index contributed by atoms with van der Waals surface area (Å²) < 4.78 is 27.9. The first-order valence-corrected chi connectivity index (χ1v) is 8.25. The summed E-state index contributed by atoms with van der Waals surface area (Å²) in [4.78, 5) is 0.321. The highest BCUT2D eigenvalue weighted by atomic mass is 32.2. The first kappa shape index (κ1) is 13.3. The van der Waals surface area contributed by atoms with Crippen LogP contribution in [0.25, 0.3) is 0 Å². The Kier molecular flexibility index (Phi) is 3.36. The van der Waals surface area contributed by atoms with Crippen molar-refractivity contribution in [1.29, 1.82) is 0 Å². The van der Waals surface area contributed by atoms with Gasteiger partial charge in [-0.2, -0.15) is 0 Å². The van der Waals surface area contributed by atoms with E-state index in [4.69, 9.17) is 0 Å². The van der Waals surface area contributed by atoms with E-state index >= 15 is 0 Å². The Morgan fingerprint density at radius 3 is 1.90 bits per heavy atom. The zero-order valence-corrected chi connectivity index (χ0v) is 11.9. The average molecular weight is 287 g/mol. The summed E-state index contributed by atoms with van der Waals surface area (Å²) in [5, 5.41) is 0. The van der Waals surface area contributed by atoms with Gasteiger partial charge in [-0.3, -0.25) is 0 Å². The molecule has 2 aromatic rings. The first-order valence-electron chi connectivity index (χ1n) is 6.77. The van der Waals surface area contributed by atoms with Gasteiger partial charge in [0.2, 0.25) is 10.0 Å². The molecule has 0 aliphatic heterocycles. The molecular weight excluding hydrogens is 270 g/mol. The van der Waals surface area contributed by atoms with Gasteiger partial charge in [-0.25, -0.2) is 13.1 Å². The van der Waals surface area contributed by atoms with Gasteiger partial charge in [-0.15, -0.1) is 0 Å². The van der Waals surface area contributed by atoms with Crippen LogP contribution < -0.4 is 4.72 Å². The molecular formula is C16H17NO2S. The van der Waals surface area contributed by atoms with Crippen molar-refractivity contribution in [3.8, 4) is 0 Å². The SMILES string of the molecule is O=S(=O)(NC1(c2ccccc2)CCC1)c1ccccc1. The van der Waals surface area contributed by atoms with Gasteiger partial charge in [0, 0.05) is 0 Å². The zero-order valence-electron chi connectivity index (χ0n) is 11.1. The number of sulfonamides is 1. The Morgan fingerprint density at radius 2 is 1.40 bits per heavy atom. The number of benzene rings is 2. The van der Waals surface area contributed by atoms with Gasteiger partial charge in [-0.05, 0) is 37.0 Å². The lowest BCUT2D eigenvalue weighted by molar-refractivity contribution is 0.224. The standard InChI is InChI=1S/C16H17NO2S/c18-20(19,15-10-5-2-6-11-15)17-16(12-7-13-16)14-8-3-1-4-9-14/h1-6,8-11,17H,7,12-13H2. The van der Waals surface area contributed by atoms with Gasteiger partial charge in [0.15, 0.2) is 0 Å². The minimum Gasteiger partial charge on any atom is -0.207 e. The molecule has 20 heavy (non-hydrogen) atoms. The highest BCUT2D eigenvalue weighted by Gasteiger charge is 2.42. The summed E-state index contributed by atoms with van der Waals surface area (Å²) in [7, 11) is -3.48. The van der Waals surface area contributed by atoms with E-state index in [1.54, 1.807) is 24.3 Å². The minimum atomic E-state index is -3.48. The van der Waals surface area contributed by atoms with Gasteiger partial charge < -0.3 is 0 Å². The second kappa shape index (κ2) is 5.04. The van der Waals surface area contributed by atoms with Crippen LogP contribution in [0, 0.1) is 0 Å². The average Bonchev–Trinajstić information content (AvgIpc) is 2.45. The topological polar surface area (TPSA) is 46.2 Å². The molecule has 0 saturated heterocycles. The predicted octanol–water partition coefficient (Wildman–Crippen LogP) is 3.04. The molecule has 0 unspecified atom stereocenters. The lowest BCUT2D eigenvalue weighted by atomic mass is 9.73.